The molecule has 30 heavy (non-hydrogen) atoms. The highest BCUT2D eigenvalue weighted by Crippen LogP contribution is 2.14. The second-order valence-electron chi connectivity index (χ2n) is 6.34. The van der Waals surface area contributed by atoms with Crippen molar-refractivity contribution in [2.45, 2.75) is 25.8 Å². The molecule has 2 aromatic carbocycles. The van der Waals surface area contributed by atoms with Gasteiger partial charge < -0.3 is 10.1 Å². The van der Waals surface area contributed by atoms with Gasteiger partial charge in [0.25, 0.3) is 11.8 Å². The lowest BCUT2D eigenvalue weighted by Crippen LogP contribution is -2.41. The maximum Gasteiger partial charge on any atom is 0.306 e. The number of rotatable bonds is 8. The summed E-state index contributed by atoms with van der Waals surface area (Å²) in [6.45, 7) is 1.37. The summed E-state index contributed by atoms with van der Waals surface area (Å²) >= 11 is 5.90. The van der Waals surface area contributed by atoms with Gasteiger partial charge in [-0.3, -0.25) is 30.0 Å². The van der Waals surface area contributed by atoms with Crippen LogP contribution < -0.4 is 16.2 Å². The van der Waals surface area contributed by atoms with Crippen molar-refractivity contribution in [3.8, 4) is 0 Å². The van der Waals surface area contributed by atoms with Crippen molar-refractivity contribution in [1.82, 2.24) is 16.2 Å². The second kappa shape index (κ2) is 11.6. The first-order chi connectivity index (χ1) is 14.4. The highest BCUT2D eigenvalue weighted by atomic mass is 35.5. The number of hydrazine groups is 1. The number of carbonyl (C=O) groups excluding carboxylic acids is 4. The molecule has 0 saturated carbocycles. The van der Waals surface area contributed by atoms with Gasteiger partial charge in [0.1, 0.15) is 0 Å². The molecule has 0 spiro atoms. The van der Waals surface area contributed by atoms with Gasteiger partial charge in [-0.1, -0.05) is 54.1 Å². The average molecular weight is 432 g/mol. The van der Waals surface area contributed by atoms with Crippen LogP contribution in [0.25, 0.3) is 0 Å². The minimum atomic E-state index is -0.704. The van der Waals surface area contributed by atoms with E-state index in [0.717, 1.165) is 5.56 Å². The van der Waals surface area contributed by atoms with E-state index in [2.05, 4.69) is 16.2 Å². The molecule has 0 aliphatic heterocycles. The molecule has 3 amide bonds. The Hall–Kier alpha value is -3.39. The molecule has 2 rings (SSSR count). The molecule has 1 atom stereocenters. The van der Waals surface area contributed by atoms with Crippen LogP contribution in [0.15, 0.2) is 54.6 Å². The topological polar surface area (TPSA) is 114 Å². The molecule has 0 saturated heterocycles. The molecule has 9 heteroatoms. The molecular weight excluding hydrogens is 410 g/mol. The molecule has 0 bridgehead atoms. The van der Waals surface area contributed by atoms with E-state index in [1.165, 1.54) is 6.07 Å². The first kappa shape index (κ1) is 22.9. The molecule has 3 N–H and O–H groups in total. The largest absolute Gasteiger partial charge is 0.456 e. The summed E-state index contributed by atoms with van der Waals surface area (Å²) in [6, 6.07) is 15.5. The van der Waals surface area contributed by atoms with Crippen molar-refractivity contribution < 1.29 is 23.9 Å². The Balaban J connectivity index is 1.64. The third kappa shape index (κ3) is 7.56. The summed E-state index contributed by atoms with van der Waals surface area (Å²) in [5, 5.41) is 2.96. The van der Waals surface area contributed by atoms with Crippen molar-refractivity contribution in [3.05, 3.63) is 70.7 Å². The first-order valence-corrected chi connectivity index (χ1v) is 9.58. The third-order valence-corrected chi connectivity index (χ3v) is 4.36. The average Bonchev–Trinajstić information content (AvgIpc) is 2.75. The van der Waals surface area contributed by atoms with E-state index in [9.17, 15) is 19.2 Å². The smallest absolute Gasteiger partial charge is 0.306 e. The molecule has 8 nitrogen and oxygen atoms in total. The lowest BCUT2D eigenvalue weighted by molar-refractivity contribution is -0.149. The van der Waals surface area contributed by atoms with E-state index in [4.69, 9.17) is 16.3 Å². The minimum absolute atomic E-state index is 0.203. The quantitative estimate of drug-likeness (QED) is 0.438. The van der Waals surface area contributed by atoms with Crippen LogP contribution in [0.1, 0.15) is 41.7 Å². The highest BCUT2D eigenvalue weighted by molar-refractivity contribution is 6.33. The molecule has 0 aliphatic rings. The molecular formula is C21H22ClN3O5. The Morgan fingerprint density at radius 3 is 2.27 bits per heavy atom. The summed E-state index contributed by atoms with van der Waals surface area (Å²) in [7, 11) is 0. The molecule has 0 aromatic heterocycles. The van der Waals surface area contributed by atoms with E-state index in [1.807, 2.05) is 37.3 Å². The van der Waals surface area contributed by atoms with Crippen molar-refractivity contribution in [1.29, 1.82) is 0 Å². The summed E-state index contributed by atoms with van der Waals surface area (Å²) in [5.74, 6) is -2.32. The summed E-state index contributed by atoms with van der Waals surface area (Å²) in [6.07, 6.45) is -0.459. The zero-order valence-corrected chi connectivity index (χ0v) is 17.1. The van der Waals surface area contributed by atoms with Gasteiger partial charge in [0.2, 0.25) is 5.91 Å². The van der Waals surface area contributed by atoms with Gasteiger partial charge in [0.15, 0.2) is 6.61 Å². The number of hydrogen-bond donors (Lipinski definition) is 3. The Labute approximate surface area is 178 Å². The molecule has 158 valence electrons. The van der Waals surface area contributed by atoms with Gasteiger partial charge in [0.05, 0.1) is 23.0 Å². The third-order valence-electron chi connectivity index (χ3n) is 4.03. The molecule has 0 unspecified atom stereocenters. The SMILES string of the molecule is C[C@@H](NC(=O)COC(=O)CCC(=O)NNC(=O)c1ccccc1Cl)c1ccccc1. The van der Waals surface area contributed by atoms with Crippen molar-refractivity contribution in [2.24, 2.45) is 0 Å². The number of ether oxygens (including phenoxy) is 1. The Morgan fingerprint density at radius 2 is 1.57 bits per heavy atom. The molecule has 0 aliphatic carbocycles. The summed E-state index contributed by atoms with van der Waals surface area (Å²) in [4.78, 5) is 47.3. The van der Waals surface area contributed by atoms with Crippen LogP contribution in [-0.4, -0.2) is 30.3 Å². The molecule has 0 radical (unpaired) electrons. The predicted octanol–water partition coefficient (Wildman–Crippen LogP) is 2.30. The molecule has 2 aromatic rings. The van der Waals surface area contributed by atoms with Gasteiger partial charge >= 0.3 is 5.97 Å². The van der Waals surface area contributed by atoms with Gasteiger partial charge in [-0.05, 0) is 24.6 Å². The second-order valence-corrected chi connectivity index (χ2v) is 6.75. The lowest BCUT2D eigenvalue weighted by atomic mass is 10.1. The van der Waals surface area contributed by atoms with Crippen LogP contribution in [0.4, 0.5) is 0 Å². The fourth-order valence-corrected chi connectivity index (χ4v) is 2.67. The van der Waals surface area contributed by atoms with E-state index < -0.39 is 30.3 Å². The maximum atomic E-state index is 11.9. The number of hydrogen-bond acceptors (Lipinski definition) is 5. The van der Waals surface area contributed by atoms with Crippen LogP contribution in [0, 0.1) is 0 Å². The molecule has 0 heterocycles. The number of halogens is 1. The van der Waals surface area contributed by atoms with E-state index in [1.54, 1.807) is 18.2 Å². The van der Waals surface area contributed by atoms with Gasteiger partial charge in [-0.25, -0.2) is 0 Å². The maximum absolute atomic E-state index is 11.9. The normalized spacial score (nSPS) is 11.1. The number of amides is 3. The lowest BCUT2D eigenvalue weighted by Gasteiger charge is -2.14. The van der Waals surface area contributed by atoms with Crippen molar-refractivity contribution >= 4 is 35.3 Å². The van der Waals surface area contributed by atoms with E-state index in [-0.39, 0.29) is 29.5 Å². The van der Waals surface area contributed by atoms with E-state index in [0.29, 0.717) is 0 Å². The standard InChI is InChI=1S/C21H22ClN3O5/c1-14(15-7-3-2-4-8-15)23-19(27)13-30-20(28)12-11-18(26)24-25-21(29)16-9-5-6-10-17(16)22/h2-10,14H,11-13H2,1H3,(H,23,27)(H,24,26)(H,25,29)/t14-/m1/s1. The van der Waals surface area contributed by atoms with Crippen LogP contribution in [0.5, 0.6) is 0 Å². The predicted molar refractivity (Wildman–Crippen MR) is 110 cm³/mol. The number of nitrogens with one attached hydrogen (secondary N) is 3. The highest BCUT2D eigenvalue weighted by Gasteiger charge is 2.14. The number of esters is 1. The van der Waals surface area contributed by atoms with E-state index >= 15 is 0 Å². The van der Waals surface area contributed by atoms with Crippen molar-refractivity contribution in [2.75, 3.05) is 6.61 Å². The number of benzene rings is 2. The van der Waals surface area contributed by atoms with Gasteiger partial charge in [-0.2, -0.15) is 0 Å². The first-order valence-electron chi connectivity index (χ1n) is 9.20. The van der Waals surface area contributed by atoms with Crippen LogP contribution >= 0.6 is 11.6 Å². The minimum Gasteiger partial charge on any atom is -0.456 e. The fraction of sp³-hybridized carbons (Fsp3) is 0.238. The monoisotopic (exact) mass is 431 g/mol. The molecule has 0 fully saturated rings. The van der Waals surface area contributed by atoms with Crippen LogP contribution in [0.3, 0.4) is 0 Å². The van der Waals surface area contributed by atoms with Gasteiger partial charge in [-0.15, -0.1) is 0 Å². The number of carbonyl (C=O) groups is 4. The Kier molecular flexibility index (Phi) is 8.83. The Morgan fingerprint density at radius 1 is 0.900 bits per heavy atom. The fourth-order valence-electron chi connectivity index (χ4n) is 2.44. The van der Waals surface area contributed by atoms with Gasteiger partial charge in [0, 0.05) is 6.42 Å². The van der Waals surface area contributed by atoms with Crippen LogP contribution in [-0.2, 0) is 19.1 Å². The zero-order chi connectivity index (χ0) is 21.9. The van der Waals surface area contributed by atoms with Crippen LogP contribution in [0.2, 0.25) is 5.02 Å². The summed E-state index contributed by atoms with van der Waals surface area (Å²) in [5.41, 5.74) is 5.53. The Bertz CT molecular complexity index is 905. The summed E-state index contributed by atoms with van der Waals surface area (Å²) < 4.78 is 4.87. The zero-order valence-electron chi connectivity index (χ0n) is 16.3. The van der Waals surface area contributed by atoms with Crippen molar-refractivity contribution in [3.63, 3.8) is 0 Å².